The number of aryl methyl sites for hydroxylation is 1. The Balaban J connectivity index is 2.07. The summed E-state index contributed by atoms with van der Waals surface area (Å²) in [5.41, 5.74) is 8.62. The molecule has 1 aromatic rings. The van der Waals surface area contributed by atoms with Gasteiger partial charge in [0.15, 0.2) is 0 Å². The third-order valence-electron chi connectivity index (χ3n) is 3.24. The van der Waals surface area contributed by atoms with Crippen LogP contribution in [0.15, 0.2) is 24.3 Å². The van der Waals surface area contributed by atoms with Crippen molar-refractivity contribution in [3.8, 4) is 0 Å². The predicted octanol–water partition coefficient (Wildman–Crippen LogP) is 2.07. The van der Waals surface area contributed by atoms with Crippen LogP contribution in [0.2, 0.25) is 0 Å². The van der Waals surface area contributed by atoms with Gasteiger partial charge in [-0.05, 0) is 36.9 Å². The lowest BCUT2D eigenvalue weighted by atomic mass is 9.86. The fourth-order valence-corrected chi connectivity index (χ4v) is 2.22. The SMILES string of the molecule is Cc1ccccc1C(CN)CC1COC1. The number of hydrogen-bond acceptors (Lipinski definition) is 2. The van der Waals surface area contributed by atoms with Crippen LogP contribution >= 0.6 is 0 Å². The Kier molecular flexibility index (Phi) is 3.39. The summed E-state index contributed by atoms with van der Waals surface area (Å²) >= 11 is 0. The van der Waals surface area contributed by atoms with Crippen LogP contribution in [0.3, 0.4) is 0 Å². The van der Waals surface area contributed by atoms with Crippen LogP contribution in [0, 0.1) is 12.8 Å². The topological polar surface area (TPSA) is 35.2 Å². The molecule has 1 unspecified atom stereocenters. The molecule has 0 aromatic heterocycles. The third-order valence-corrected chi connectivity index (χ3v) is 3.24. The van der Waals surface area contributed by atoms with E-state index in [1.807, 2.05) is 0 Å². The van der Waals surface area contributed by atoms with Crippen molar-refractivity contribution in [2.75, 3.05) is 19.8 Å². The molecule has 0 saturated carbocycles. The quantitative estimate of drug-likeness (QED) is 0.816. The minimum atomic E-state index is 0.500. The molecule has 2 N–H and O–H groups in total. The van der Waals surface area contributed by atoms with Crippen molar-refractivity contribution in [3.63, 3.8) is 0 Å². The maximum absolute atomic E-state index is 5.86. The molecule has 0 amide bonds. The highest BCUT2D eigenvalue weighted by atomic mass is 16.5. The molecule has 0 aliphatic carbocycles. The molecule has 15 heavy (non-hydrogen) atoms. The fourth-order valence-electron chi connectivity index (χ4n) is 2.22. The Labute approximate surface area is 91.4 Å². The summed E-state index contributed by atoms with van der Waals surface area (Å²) in [5.74, 6) is 1.22. The summed E-state index contributed by atoms with van der Waals surface area (Å²) in [7, 11) is 0. The average molecular weight is 205 g/mol. The molecule has 0 bridgehead atoms. The van der Waals surface area contributed by atoms with Gasteiger partial charge in [0.25, 0.3) is 0 Å². The second-order valence-electron chi connectivity index (χ2n) is 4.43. The van der Waals surface area contributed by atoms with E-state index in [0.29, 0.717) is 5.92 Å². The predicted molar refractivity (Wildman–Crippen MR) is 61.9 cm³/mol. The highest BCUT2D eigenvalue weighted by Crippen LogP contribution is 2.28. The first kappa shape index (κ1) is 10.7. The summed E-state index contributed by atoms with van der Waals surface area (Å²) in [4.78, 5) is 0. The molecule has 2 rings (SSSR count). The first-order chi connectivity index (χ1) is 7.31. The lowest BCUT2D eigenvalue weighted by Crippen LogP contribution is -2.30. The lowest BCUT2D eigenvalue weighted by molar-refractivity contribution is -0.0382. The van der Waals surface area contributed by atoms with E-state index in [1.165, 1.54) is 17.5 Å². The van der Waals surface area contributed by atoms with Crippen LogP contribution in [0.1, 0.15) is 23.5 Å². The Morgan fingerprint density at radius 2 is 2.13 bits per heavy atom. The fraction of sp³-hybridized carbons (Fsp3) is 0.538. The maximum atomic E-state index is 5.86. The van der Waals surface area contributed by atoms with Gasteiger partial charge in [0.1, 0.15) is 0 Å². The number of benzene rings is 1. The highest BCUT2D eigenvalue weighted by Gasteiger charge is 2.23. The Morgan fingerprint density at radius 1 is 1.40 bits per heavy atom. The zero-order valence-electron chi connectivity index (χ0n) is 9.28. The summed E-state index contributed by atoms with van der Waals surface area (Å²) in [6, 6.07) is 8.54. The average Bonchev–Trinajstić information content (AvgIpc) is 2.19. The van der Waals surface area contributed by atoms with Crippen molar-refractivity contribution in [2.24, 2.45) is 11.7 Å². The number of nitrogens with two attached hydrogens (primary N) is 1. The summed E-state index contributed by atoms with van der Waals surface area (Å²) in [5, 5.41) is 0. The zero-order chi connectivity index (χ0) is 10.7. The molecule has 1 saturated heterocycles. The molecule has 1 atom stereocenters. The van der Waals surface area contributed by atoms with Crippen LogP contribution < -0.4 is 5.73 Å². The Morgan fingerprint density at radius 3 is 2.67 bits per heavy atom. The summed E-state index contributed by atoms with van der Waals surface area (Å²) in [6.45, 7) is 4.74. The smallest absolute Gasteiger partial charge is 0.0516 e. The lowest BCUT2D eigenvalue weighted by Gasteiger charge is -2.30. The van der Waals surface area contributed by atoms with E-state index in [-0.39, 0.29) is 0 Å². The van der Waals surface area contributed by atoms with E-state index in [9.17, 15) is 0 Å². The van der Waals surface area contributed by atoms with Gasteiger partial charge in [-0.15, -0.1) is 0 Å². The van der Waals surface area contributed by atoms with Crippen molar-refractivity contribution in [1.82, 2.24) is 0 Å². The van der Waals surface area contributed by atoms with Crippen molar-refractivity contribution in [2.45, 2.75) is 19.3 Å². The molecule has 0 spiro atoms. The molecule has 82 valence electrons. The number of rotatable bonds is 4. The highest BCUT2D eigenvalue weighted by molar-refractivity contribution is 5.29. The normalized spacial score (nSPS) is 18.5. The zero-order valence-corrected chi connectivity index (χ0v) is 9.28. The van der Waals surface area contributed by atoms with Crippen molar-refractivity contribution in [1.29, 1.82) is 0 Å². The summed E-state index contributed by atoms with van der Waals surface area (Å²) < 4.78 is 5.21. The van der Waals surface area contributed by atoms with Gasteiger partial charge in [-0.2, -0.15) is 0 Å². The van der Waals surface area contributed by atoms with E-state index >= 15 is 0 Å². The van der Waals surface area contributed by atoms with Crippen LogP contribution in [-0.4, -0.2) is 19.8 Å². The van der Waals surface area contributed by atoms with Crippen LogP contribution in [0.4, 0.5) is 0 Å². The molecular formula is C13H19NO. The van der Waals surface area contributed by atoms with Crippen molar-refractivity contribution < 1.29 is 4.74 Å². The monoisotopic (exact) mass is 205 g/mol. The van der Waals surface area contributed by atoms with Gasteiger partial charge >= 0.3 is 0 Å². The molecule has 2 heteroatoms. The van der Waals surface area contributed by atoms with Gasteiger partial charge in [0.2, 0.25) is 0 Å². The van der Waals surface area contributed by atoms with E-state index < -0.39 is 0 Å². The number of ether oxygens (including phenoxy) is 1. The van der Waals surface area contributed by atoms with Gasteiger partial charge < -0.3 is 10.5 Å². The number of hydrogen-bond donors (Lipinski definition) is 1. The molecule has 0 radical (unpaired) electrons. The molecule has 2 nitrogen and oxygen atoms in total. The van der Waals surface area contributed by atoms with Crippen molar-refractivity contribution in [3.05, 3.63) is 35.4 Å². The molecule has 1 heterocycles. The molecule has 1 aliphatic rings. The summed E-state index contributed by atoms with van der Waals surface area (Å²) in [6.07, 6.45) is 1.17. The van der Waals surface area contributed by atoms with Crippen LogP contribution in [-0.2, 0) is 4.74 Å². The largest absolute Gasteiger partial charge is 0.381 e. The van der Waals surface area contributed by atoms with Crippen molar-refractivity contribution >= 4 is 0 Å². The minimum Gasteiger partial charge on any atom is -0.381 e. The van der Waals surface area contributed by atoms with Crippen LogP contribution in [0.5, 0.6) is 0 Å². The van der Waals surface area contributed by atoms with E-state index in [0.717, 1.165) is 25.7 Å². The van der Waals surface area contributed by atoms with E-state index in [1.54, 1.807) is 0 Å². The first-order valence-electron chi connectivity index (χ1n) is 5.64. The second-order valence-corrected chi connectivity index (χ2v) is 4.43. The Hall–Kier alpha value is -0.860. The molecule has 1 aliphatic heterocycles. The van der Waals surface area contributed by atoms with Gasteiger partial charge in [-0.3, -0.25) is 0 Å². The maximum Gasteiger partial charge on any atom is 0.0516 e. The minimum absolute atomic E-state index is 0.500. The van der Waals surface area contributed by atoms with E-state index in [2.05, 4.69) is 31.2 Å². The van der Waals surface area contributed by atoms with Gasteiger partial charge in [0.05, 0.1) is 13.2 Å². The van der Waals surface area contributed by atoms with Crippen LogP contribution in [0.25, 0.3) is 0 Å². The van der Waals surface area contributed by atoms with Gasteiger partial charge in [-0.1, -0.05) is 24.3 Å². The molecular weight excluding hydrogens is 186 g/mol. The first-order valence-corrected chi connectivity index (χ1v) is 5.64. The van der Waals surface area contributed by atoms with E-state index in [4.69, 9.17) is 10.5 Å². The standard InChI is InChI=1S/C13H19NO/c1-10-4-2-3-5-13(10)12(7-14)6-11-8-15-9-11/h2-5,11-12H,6-9,14H2,1H3. The molecule has 1 aromatic carbocycles. The van der Waals surface area contributed by atoms with Gasteiger partial charge in [-0.25, -0.2) is 0 Å². The third kappa shape index (κ3) is 2.39. The second kappa shape index (κ2) is 4.77. The molecule has 1 fully saturated rings. The van der Waals surface area contributed by atoms with Gasteiger partial charge in [0, 0.05) is 5.92 Å². The Bertz CT molecular complexity index is 320.